The zero-order valence-electron chi connectivity index (χ0n) is 13.9. The van der Waals surface area contributed by atoms with E-state index in [2.05, 4.69) is 21.0 Å². The van der Waals surface area contributed by atoms with Crippen LogP contribution in [0, 0.1) is 0 Å². The molecule has 0 fully saturated rings. The van der Waals surface area contributed by atoms with Crippen molar-refractivity contribution in [3.8, 4) is 5.75 Å². The van der Waals surface area contributed by atoms with Gasteiger partial charge in [0.05, 0.1) is 18.9 Å². The van der Waals surface area contributed by atoms with Gasteiger partial charge in [0.15, 0.2) is 10.4 Å². The molecule has 1 aliphatic heterocycles. The molecule has 0 saturated heterocycles. The Morgan fingerprint density at radius 3 is 2.85 bits per heavy atom. The van der Waals surface area contributed by atoms with Gasteiger partial charge in [0.25, 0.3) is 0 Å². The van der Waals surface area contributed by atoms with Crippen LogP contribution < -0.4 is 4.74 Å². The summed E-state index contributed by atoms with van der Waals surface area (Å²) in [6.07, 6.45) is 0.616. The molecule has 0 spiro atoms. The third kappa shape index (κ3) is 3.08. The van der Waals surface area contributed by atoms with E-state index < -0.39 is 0 Å². The van der Waals surface area contributed by atoms with E-state index in [1.54, 1.807) is 30.6 Å². The molecule has 7 heteroatoms. The average Bonchev–Trinajstić information content (AvgIpc) is 3.40. The van der Waals surface area contributed by atoms with Crippen LogP contribution in [0.1, 0.15) is 34.1 Å². The molecule has 1 aliphatic rings. The van der Waals surface area contributed by atoms with Crippen LogP contribution in [0.25, 0.3) is 0 Å². The number of ether oxygens (including phenoxy) is 1. The van der Waals surface area contributed by atoms with Crippen LogP contribution in [-0.4, -0.2) is 23.7 Å². The van der Waals surface area contributed by atoms with E-state index in [1.807, 2.05) is 41.1 Å². The van der Waals surface area contributed by atoms with Gasteiger partial charge in [-0.2, -0.15) is 16.4 Å². The minimum Gasteiger partial charge on any atom is -0.496 e. The second-order valence-electron chi connectivity index (χ2n) is 5.77. The first kappa shape index (κ1) is 17.1. The first-order chi connectivity index (χ1) is 12.7. The Morgan fingerprint density at radius 1 is 1.31 bits per heavy atom. The van der Waals surface area contributed by atoms with Crippen LogP contribution >= 0.6 is 27.3 Å². The van der Waals surface area contributed by atoms with Gasteiger partial charge >= 0.3 is 5.91 Å². The van der Waals surface area contributed by atoms with E-state index in [-0.39, 0.29) is 17.7 Å². The molecule has 4 rings (SSSR count). The second-order valence-corrected chi connectivity index (χ2v) is 7.34. The molecule has 5 nitrogen and oxygen atoms in total. The molecule has 0 N–H and O–H groups in total. The summed E-state index contributed by atoms with van der Waals surface area (Å²) in [5, 5.41) is 10.2. The molecule has 0 aliphatic carbocycles. The van der Waals surface area contributed by atoms with Gasteiger partial charge in [-0.25, -0.2) is 5.01 Å². The second kappa shape index (κ2) is 7.09. The maximum absolute atomic E-state index is 13.0. The monoisotopic (exact) mass is 430 g/mol. The van der Waals surface area contributed by atoms with Gasteiger partial charge in [0.1, 0.15) is 5.75 Å². The van der Waals surface area contributed by atoms with Crippen molar-refractivity contribution < 1.29 is 13.9 Å². The quantitative estimate of drug-likeness (QED) is 0.578. The first-order valence-electron chi connectivity index (χ1n) is 7.99. The number of nitrogens with zero attached hydrogens (tertiary/aromatic N) is 2. The number of carbonyl (C=O) groups is 1. The number of thiophene rings is 1. The number of rotatable bonds is 4. The zero-order chi connectivity index (χ0) is 18.1. The fourth-order valence-corrected chi connectivity index (χ4v) is 4.00. The molecule has 0 radical (unpaired) electrons. The predicted molar refractivity (Wildman–Crippen MR) is 104 cm³/mol. The molecule has 0 bridgehead atoms. The smallest absolute Gasteiger partial charge is 0.310 e. The third-order valence-electron chi connectivity index (χ3n) is 4.25. The van der Waals surface area contributed by atoms with Crippen LogP contribution in [0.4, 0.5) is 0 Å². The maximum Gasteiger partial charge on any atom is 0.310 e. The Morgan fingerprint density at radius 2 is 2.15 bits per heavy atom. The van der Waals surface area contributed by atoms with Crippen LogP contribution in [-0.2, 0) is 0 Å². The van der Waals surface area contributed by atoms with Crippen LogP contribution in [0.3, 0.4) is 0 Å². The molecule has 2 aromatic heterocycles. The number of para-hydroxylation sites is 1. The molecule has 132 valence electrons. The summed E-state index contributed by atoms with van der Waals surface area (Å²) in [6.45, 7) is 0. The molecule has 1 amide bonds. The van der Waals surface area contributed by atoms with Crippen LogP contribution in [0.15, 0.2) is 67.4 Å². The lowest BCUT2D eigenvalue weighted by atomic mass is 9.98. The van der Waals surface area contributed by atoms with Gasteiger partial charge in [-0.3, -0.25) is 4.79 Å². The minimum atomic E-state index is -0.281. The molecule has 1 unspecified atom stereocenters. The van der Waals surface area contributed by atoms with Gasteiger partial charge in [-0.05, 0) is 51.0 Å². The van der Waals surface area contributed by atoms with E-state index in [4.69, 9.17) is 9.15 Å². The minimum absolute atomic E-state index is 0.243. The topological polar surface area (TPSA) is 55.0 Å². The molecule has 3 aromatic rings. The lowest BCUT2D eigenvalue weighted by Gasteiger charge is -2.22. The summed E-state index contributed by atoms with van der Waals surface area (Å²) < 4.78 is 11.5. The highest BCUT2D eigenvalue weighted by Gasteiger charge is 2.36. The van der Waals surface area contributed by atoms with Gasteiger partial charge in [-0.1, -0.05) is 18.2 Å². The number of carbonyl (C=O) groups excluding carboxylic acids is 1. The normalized spacial score (nSPS) is 16.6. The van der Waals surface area contributed by atoms with Crippen molar-refractivity contribution in [3.05, 3.63) is 74.8 Å². The highest BCUT2D eigenvalue weighted by Crippen LogP contribution is 2.38. The molecule has 1 atom stereocenters. The van der Waals surface area contributed by atoms with Crippen molar-refractivity contribution in [3.63, 3.8) is 0 Å². The van der Waals surface area contributed by atoms with E-state index in [0.717, 1.165) is 22.6 Å². The zero-order valence-corrected chi connectivity index (χ0v) is 16.3. The van der Waals surface area contributed by atoms with Gasteiger partial charge in [0.2, 0.25) is 0 Å². The summed E-state index contributed by atoms with van der Waals surface area (Å²) >= 11 is 4.85. The predicted octanol–water partition coefficient (Wildman–Crippen LogP) is 5.10. The standard InChI is InChI=1S/C19H15BrN2O3S/c1-24-16-5-3-2-4-13(16)15-10-14(12-8-9-26-11-12)21-22(15)19(23)17-6-7-18(20)25-17/h2-9,11,15H,10H2,1H3. The van der Waals surface area contributed by atoms with E-state index >= 15 is 0 Å². The lowest BCUT2D eigenvalue weighted by molar-refractivity contribution is 0.0675. The third-order valence-corrected chi connectivity index (χ3v) is 5.36. The highest BCUT2D eigenvalue weighted by atomic mass is 79.9. The van der Waals surface area contributed by atoms with E-state index in [9.17, 15) is 4.79 Å². The molecular formula is C19H15BrN2O3S. The number of halogens is 1. The fraction of sp³-hybridized carbons (Fsp3) is 0.158. The number of methoxy groups -OCH3 is 1. The Labute approximate surface area is 163 Å². The molecule has 1 aromatic carbocycles. The van der Waals surface area contributed by atoms with Crippen LogP contribution in [0.2, 0.25) is 0 Å². The summed E-state index contributed by atoms with van der Waals surface area (Å²) in [6, 6.07) is 12.8. The van der Waals surface area contributed by atoms with E-state index in [0.29, 0.717) is 11.1 Å². The molecular weight excluding hydrogens is 416 g/mol. The van der Waals surface area contributed by atoms with Gasteiger partial charge in [0, 0.05) is 17.5 Å². The first-order valence-corrected chi connectivity index (χ1v) is 9.73. The Balaban J connectivity index is 1.75. The Kier molecular flexibility index (Phi) is 4.65. The average molecular weight is 431 g/mol. The SMILES string of the molecule is COc1ccccc1C1CC(c2ccsc2)=NN1C(=O)c1ccc(Br)o1. The summed E-state index contributed by atoms with van der Waals surface area (Å²) in [4.78, 5) is 13.0. The number of hydrogen-bond acceptors (Lipinski definition) is 5. The Bertz CT molecular complexity index is 965. The van der Waals surface area contributed by atoms with Crippen LogP contribution in [0.5, 0.6) is 5.75 Å². The van der Waals surface area contributed by atoms with Gasteiger partial charge < -0.3 is 9.15 Å². The van der Waals surface area contributed by atoms with Crippen molar-refractivity contribution >= 4 is 38.9 Å². The van der Waals surface area contributed by atoms with Crippen molar-refractivity contribution in [2.24, 2.45) is 5.10 Å². The summed E-state index contributed by atoms with van der Waals surface area (Å²) in [5.41, 5.74) is 2.83. The number of amides is 1. The largest absolute Gasteiger partial charge is 0.496 e. The van der Waals surface area contributed by atoms with Gasteiger partial charge in [-0.15, -0.1) is 0 Å². The number of furan rings is 1. The summed E-state index contributed by atoms with van der Waals surface area (Å²) in [5.74, 6) is 0.696. The van der Waals surface area contributed by atoms with Crippen molar-refractivity contribution in [2.45, 2.75) is 12.5 Å². The van der Waals surface area contributed by atoms with E-state index in [1.165, 1.54) is 5.01 Å². The highest BCUT2D eigenvalue weighted by molar-refractivity contribution is 9.10. The summed E-state index contributed by atoms with van der Waals surface area (Å²) in [7, 11) is 1.63. The van der Waals surface area contributed by atoms with Crippen molar-refractivity contribution in [1.82, 2.24) is 5.01 Å². The molecule has 0 saturated carbocycles. The Hall–Kier alpha value is -2.38. The number of hydrazone groups is 1. The number of hydrogen-bond donors (Lipinski definition) is 0. The maximum atomic E-state index is 13.0. The van der Waals surface area contributed by atoms with Crippen molar-refractivity contribution in [2.75, 3.05) is 7.11 Å². The number of benzene rings is 1. The molecule has 26 heavy (non-hydrogen) atoms. The lowest BCUT2D eigenvalue weighted by Crippen LogP contribution is -2.27. The fourth-order valence-electron chi connectivity index (χ4n) is 3.03. The van der Waals surface area contributed by atoms with Crippen molar-refractivity contribution in [1.29, 1.82) is 0 Å². The molecule has 3 heterocycles.